The topological polar surface area (TPSA) is 12.5 Å². The lowest BCUT2D eigenvalue weighted by Gasteiger charge is -2.14. The van der Waals surface area contributed by atoms with Crippen LogP contribution in [-0.4, -0.2) is 38.3 Å². The predicted octanol–water partition coefficient (Wildman–Crippen LogP) is 1.75. The largest absolute Gasteiger partial charge is 0.377 e. The number of hydrogen-bond donors (Lipinski definition) is 0. The first-order valence-electron chi connectivity index (χ1n) is 4.43. The molecule has 0 amide bonds. The molecule has 0 aromatic heterocycles. The maximum absolute atomic E-state index is 5.55. The van der Waals surface area contributed by atoms with Gasteiger partial charge >= 0.3 is 0 Å². The Morgan fingerprint density at radius 1 is 1.36 bits per heavy atom. The number of ether oxygens (including phenoxy) is 1. The summed E-state index contributed by atoms with van der Waals surface area (Å²) >= 11 is 0. The van der Waals surface area contributed by atoms with E-state index in [4.69, 9.17) is 4.74 Å². The summed E-state index contributed by atoms with van der Waals surface area (Å²) in [4.78, 5) is 2.14. The van der Waals surface area contributed by atoms with E-state index in [1.54, 1.807) is 0 Å². The van der Waals surface area contributed by atoms with Crippen molar-refractivity contribution in [2.75, 3.05) is 27.2 Å². The highest BCUT2D eigenvalue weighted by atomic mass is 16.5. The van der Waals surface area contributed by atoms with Crippen molar-refractivity contribution in [1.82, 2.24) is 4.90 Å². The molecule has 11 heavy (non-hydrogen) atoms. The van der Waals surface area contributed by atoms with Crippen LogP contribution in [0.15, 0.2) is 0 Å². The summed E-state index contributed by atoms with van der Waals surface area (Å²) in [5.74, 6) is 0. The Morgan fingerprint density at radius 3 is 2.45 bits per heavy atom. The Bertz CT molecular complexity index is 83.6. The first-order valence-corrected chi connectivity index (χ1v) is 4.43. The Balaban J connectivity index is 3.10. The van der Waals surface area contributed by atoms with Gasteiger partial charge in [-0.2, -0.15) is 0 Å². The molecule has 1 atom stereocenters. The predicted molar refractivity (Wildman–Crippen MR) is 48.9 cm³/mol. The summed E-state index contributed by atoms with van der Waals surface area (Å²) in [6, 6.07) is 0. The van der Waals surface area contributed by atoms with Crippen LogP contribution >= 0.6 is 0 Å². The van der Waals surface area contributed by atoms with Gasteiger partial charge in [-0.15, -0.1) is 0 Å². The molecule has 0 saturated heterocycles. The van der Waals surface area contributed by atoms with E-state index in [0.29, 0.717) is 6.10 Å². The molecule has 0 aliphatic heterocycles. The van der Waals surface area contributed by atoms with Crippen LogP contribution in [0.3, 0.4) is 0 Å². The van der Waals surface area contributed by atoms with Crippen LogP contribution in [0, 0.1) is 0 Å². The Labute approximate surface area is 70.5 Å². The molecule has 1 unspecified atom stereocenters. The summed E-state index contributed by atoms with van der Waals surface area (Å²) in [5, 5.41) is 0. The van der Waals surface area contributed by atoms with E-state index in [1.807, 2.05) is 0 Å². The summed E-state index contributed by atoms with van der Waals surface area (Å²) in [6.45, 7) is 6.20. The quantitative estimate of drug-likeness (QED) is 0.585. The summed E-state index contributed by atoms with van der Waals surface area (Å²) in [6.07, 6.45) is 2.82. The van der Waals surface area contributed by atoms with Crippen molar-refractivity contribution >= 4 is 0 Å². The van der Waals surface area contributed by atoms with Gasteiger partial charge in [0.15, 0.2) is 0 Å². The molecule has 68 valence electrons. The van der Waals surface area contributed by atoms with E-state index < -0.39 is 0 Å². The van der Waals surface area contributed by atoms with Crippen molar-refractivity contribution in [2.24, 2.45) is 0 Å². The zero-order chi connectivity index (χ0) is 8.69. The minimum Gasteiger partial charge on any atom is -0.377 e. The van der Waals surface area contributed by atoms with Gasteiger partial charge in [0.05, 0.1) is 12.7 Å². The highest BCUT2D eigenvalue weighted by molar-refractivity contribution is 4.49. The van der Waals surface area contributed by atoms with Crippen LogP contribution in [0.2, 0.25) is 0 Å². The van der Waals surface area contributed by atoms with Crippen molar-refractivity contribution in [2.45, 2.75) is 32.8 Å². The molecule has 0 aromatic rings. The molecule has 0 N–H and O–H groups in total. The van der Waals surface area contributed by atoms with Gasteiger partial charge in [-0.25, -0.2) is 0 Å². The first-order chi connectivity index (χ1) is 5.16. The van der Waals surface area contributed by atoms with Gasteiger partial charge in [-0.05, 0) is 27.4 Å². The molecule has 0 rings (SSSR count). The van der Waals surface area contributed by atoms with Crippen LogP contribution in [0.1, 0.15) is 26.7 Å². The van der Waals surface area contributed by atoms with E-state index in [9.17, 15) is 0 Å². The first kappa shape index (κ1) is 10.9. The maximum Gasteiger partial charge on any atom is 0.0596 e. The molecule has 0 saturated carbocycles. The van der Waals surface area contributed by atoms with Gasteiger partial charge in [-0.3, -0.25) is 0 Å². The van der Waals surface area contributed by atoms with Crippen molar-refractivity contribution in [1.29, 1.82) is 0 Å². The normalized spacial score (nSPS) is 13.9. The van der Waals surface area contributed by atoms with E-state index in [0.717, 1.165) is 13.2 Å². The number of rotatable bonds is 6. The van der Waals surface area contributed by atoms with Crippen LogP contribution in [0.5, 0.6) is 0 Å². The number of hydrogen-bond acceptors (Lipinski definition) is 2. The van der Waals surface area contributed by atoms with E-state index in [-0.39, 0.29) is 0 Å². The molecule has 0 aromatic carbocycles. The van der Waals surface area contributed by atoms with E-state index >= 15 is 0 Å². The SMILES string of the molecule is CCCC(C)OCCN(C)C. The van der Waals surface area contributed by atoms with Crippen molar-refractivity contribution < 1.29 is 4.74 Å². The van der Waals surface area contributed by atoms with Gasteiger partial charge < -0.3 is 9.64 Å². The average Bonchev–Trinajstić information content (AvgIpc) is 1.87. The van der Waals surface area contributed by atoms with Crippen LogP contribution < -0.4 is 0 Å². The molecular weight excluding hydrogens is 138 g/mol. The fraction of sp³-hybridized carbons (Fsp3) is 1.00. The average molecular weight is 159 g/mol. The Hall–Kier alpha value is -0.0800. The number of nitrogens with zero attached hydrogens (tertiary/aromatic N) is 1. The smallest absolute Gasteiger partial charge is 0.0596 e. The number of likely N-dealkylation sites (N-methyl/N-ethyl adjacent to an activating group) is 1. The molecule has 0 spiro atoms. The molecule has 2 nitrogen and oxygen atoms in total. The highest BCUT2D eigenvalue weighted by Crippen LogP contribution is 1.99. The molecule has 0 aliphatic rings. The van der Waals surface area contributed by atoms with Crippen molar-refractivity contribution in [3.63, 3.8) is 0 Å². The van der Waals surface area contributed by atoms with Crippen LogP contribution in [0.25, 0.3) is 0 Å². The van der Waals surface area contributed by atoms with Gasteiger partial charge in [0, 0.05) is 6.54 Å². The van der Waals surface area contributed by atoms with Crippen LogP contribution in [0.4, 0.5) is 0 Å². The van der Waals surface area contributed by atoms with E-state index in [2.05, 4.69) is 32.8 Å². The second-order valence-corrected chi connectivity index (χ2v) is 3.27. The lowest BCUT2D eigenvalue weighted by atomic mass is 10.2. The van der Waals surface area contributed by atoms with E-state index in [1.165, 1.54) is 12.8 Å². The summed E-state index contributed by atoms with van der Waals surface area (Å²) in [5.41, 5.74) is 0. The Morgan fingerprint density at radius 2 is 2.00 bits per heavy atom. The lowest BCUT2D eigenvalue weighted by Crippen LogP contribution is -2.20. The Kier molecular flexibility index (Phi) is 6.57. The lowest BCUT2D eigenvalue weighted by molar-refractivity contribution is 0.0504. The fourth-order valence-electron chi connectivity index (χ4n) is 0.926. The summed E-state index contributed by atoms with van der Waals surface area (Å²) < 4.78 is 5.55. The molecule has 2 heteroatoms. The molecule has 0 radical (unpaired) electrons. The zero-order valence-electron chi connectivity index (χ0n) is 8.26. The van der Waals surface area contributed by atoms with Gasteiger partial charge in [0.1, 0.15) is 0 Å². The standard InChI is InChI=1S/C9H21NO/c1-5-6-9(2)11-8-7-10(3)4/h9H,5-8H2,1-4H3. The molecule has 0 aliphatic carbocycles. The third-order valence-electron chi connectivity index (χ3n) is 1.64. The van der Waals surface area contributed by atoms with Gasteiger partial charge in [0.25, 0.3) is 0 Å². The van der Waals surface area contributed by atoms with Crippen LogP contribution in [-0.2, 0) is 4.74 Å². The zero-order valence-corrected chi connectivity index (χ0v) is 8.26. The minimum atomic E-state index is 0.431. The van der Waals surface area contributed by atoms with Crippen molar-refractivity contribution in [3.05, 3.63) is 0 Å². The molecule has 0 fully saturated rings. The third kappa shape index (κ3) is 7.82. The second-order valence-electron chi connectivity index (χ2n) is 3.27. The summed E-state index contributed by atoms with van der Waals surface area (Å²) in [7, 11) is 4.13. The second kappa shape index (κ2) is 6.62. The third-order valence-corrected chi connectivity index (χ3v) is 1.64. The monoisotopic (exact) mass is 159 g/mol. The van der Waals surface area contributed by atoms with Crippen molar-refractivity contribution in [3.8, 4) is 0 Å². The molecule has 0 heterocycles. The van der Waals surface area contributed by atoms with Gasteiger partial charge in [0.2, 0.25) is 0 Å². The molecular formula is C9H21NO. The maximum atomic E-state index is 5.55. The van der Waals surface area contributed by atoms with Gasteiger partial charge in [-0.1, -0.05) is 13.3 Å². The molecule has 0 bridgehead atoms. The minimum absolute atomic E-state index is 0.431. The highest BCUT2D eigenvalue weighted by Gasteiger charge is 1.99. The fourth-order valence-corrected chi connectivity index (χ4v) is 0.926.